The molecule has 222 valence electrons. The summed E-state index contributed by atoms with van der Waals surface area (Å²) in [5, 5.41) is 3.09. The topological polar surface area (TPSA) is 50.8 Å². The van der Waals surface area contributed by atoms with Crippen molar-refractivity contribution in [3.63, 3.8) is 0 Å². The van der Waals surface area contributed by atoms with Gasteiger partial charge >= 0.3 is 6.18 Å². The summed E-state index contributed by atoms with van der Waals surface area (Å²) in [5.74, 6) is -1.04. The van der Waals surface area contributed by atoms with Gasteiger partial charge in [0.05, 0.1) is 5.56 Å². The fraction of sp³-hybridized carbons (Fsp3) is 0.382. The number of piperidine rings is 1. The molecule has 2 aliphatic rings. The van der Waals surface area contributed by atoms with E-state index in [4.69, 9.17) is 9.47 Å². The van der Waals surface area contributed by atoms with Crippen molar-refractivity contribution in [2.45, 2.75) is 58.0 Å². The van der Waals surface area contributed by atoms with Crippen LogP contribution >= 0.6 is 0 Å². The quantitative estimate of drug-likeness (QED) is 0.299. The van der Waals surface area contributed by atoms with Crippen LogP contribution in [0, 0.1) is 19.8 Å². The van der Waals surface area contributed by atoms with Gasteiger partial charge in [-0.1, -0.05) is 54.6 Å². The second-order valence-electron chi connectivity index (χ2n) is 11.3. The van der Waals surface area contributed by atoms with E-state index in [1.165, 1.54) is 12.1 Å². The van der Waals surface area contributed by atoms with Crippen molar-refractivity contribution in [3.05, 3.63) is 107 Å². The summed E-state index contributed by atoms with van der Waals surface area (Å²) in [6.45, 7) is 8.37. The smallest absolute Gasteiger partial charge is 0.416 e. The lowest BCUT2D eigenvalue weighted by atomic mass is 9.80. The van der Waals surface area contributed by atoms with Crippen molar-refractivity contribution < 1.29 is 27.4 Å². The van der Waals surface area contributed by atoms with Gasteiger partial charge in [-0.05, 0) is 87.5 Å². The first-order valence-electron chi connectivity index (χ1n) is 14.5. The van der Waals surface area contributed by atoms with E-state index in [0.717, 1.165) is 72.3 Å². The minimum Gasteiger partial charge on any atom is -0.452 e. The third-order valence-corrected chi connectivity index (χ3v) is 8.61. The molecule has 0 spiro atoms. The van der Waals surface area contributed by atoms with Crippen LogP contribution in [0.2, 0.25) is 0 Å². The molecule has 3 aromatic rings. The lowest BCUT2D eigenvalue weighted by molar-refractivity contribution is -0.201. The Kier molecular flexibility index (Phi) is 8.64. The Morgan fingerprint density at radius 1 is 0.952 bits per heavy atom. The first-order valence-corrected chi connectivity index (χ1v) is 14.5. The number of aryl methyl sites for hydroxylation is 2. The number of nitrogens with zero attached hydrogens (tertiary/aromatic N) is 1. The second kappa shape index (κ2) is 12.2. The second-order valence-corrected chi connectivity index (χ2v) is 11.3. The van der Waals surface area contributed by atoms with E-state index in [1.54, 1.807) is 12.5 Å². The van der Waals surface area contributed by atoms with E-state index in [9.17, 15) is 18.0 Å². The van der Waals surface area contributed by atoms with Crippen molar-refractivity contribution >= 4 is 5.91 Å². The summed E-state index contributed by atoms with van der Waals surface area (Å²) < 4.78 is 51.9. The van der Waals surface area contributed by atoms with Crippen LogP contribution < -0.4 is 5.32 Å². The van der Waals surface area contributed by atoms with Gasteiger partial charge in [0.25, 0.3) is 11.7 Å². The maximum atomic E-state index is 13.2. The zero-order chi connectivity index (χ0) is 29.9. The molecule has 1 fully saturated rings. The number of nitrogens with one attached hydrogen (secondary N) is 1. The molecule has 1 unspecified atom stereocenters. The molecular weight excluding hydrogens is 541 g/mol. The number of benzene rings is 3. The summed E-state index contributed by atoms with van der Waals surface area (Å²) in [4.78, 5) is 15.2. The number of hydrogen-bond donors (Lipinski definition) is 1. The SMILES string of the molecule is Cc1cccc(C)c1C(=O)NCCC(C)N1CCC(C2(c3ccccc3-c3ccc(C(F)(F)F)cc3)OC=CO2)CC1. The van der Waals surface area contributed by atoms with Crippen molar-refractivity contribution in [1.82, 2.24) is 10.2 Å². The number of amides is 1. The van der Waals surface area contributed by atoms with Crippen LogP contribution in [0.1, 0.15) is 58.8 Å². The van der Waals surface area contributed by atoms with Crippen LogP contribution in [-0.4, -0.2) is 36.5 Å². The Labute approximate surface area is 245 Å². The van der Waals surface area contributed by atoms with E-state index in [1.807, 2.05) is 56.3 Å². The average molecular weight is 579 g/mol. The van der Waals surface area contributed by atoms with Crippen LogP contribution in [0.25, 0.3) is 11.1 Å². The predicted molar refractivity (Wildman–Crippen MR) is 156 cm³/mol. The first kappa shape index (κ1) is 29.7. The lowest BCUT2D eigenvalue weighted by Crippen LogP contribution is -2.47. The molecule has 1 amide bonds. The maximum absolute atomic E-state index is 13.2. The molecule has 0 bridgehead atoms. The number of rotatable bonds is 8. The predicted octanol–water partition coefficient (Wildman–Crippen LogP) is 7.58. The van der Waals surface area contributed by atoms with E-state index in [2.05, 4.69) is 17.1 Å². The van der Waals surface area contributed by atoms with Gasteiger partial charge in [-0.2, -0.15) is 13.2 Å². The highest BCUT2D eigenvalue weighted by atomic mass is 19.4. The molecular formula is C34H37F3N2O3. The van der Waals surface area contributed by atoms with Crippen LogP contribution in [0.5, 0.6) is 0 Å². The molecule has 5 nitrogen and oxygen atoms in total. The zero-order valence-corrected chi connectivity index (χ0v) is 24.2. The summed E-state index contributed by atoms with van der Waals surface area (Å²) >= 11 is 0. The Morgan fingerprint density at radius 2 is 1.57 bits per heavy atom. The summed E-state index contributed by atoms with van der Waals surface area (Å²) in [5.41, 5.74) is 4.27. The zero-order valence-electron chi connectivity index (χ0n) is 24.2. The van der Waals surface area contributed by atoms with Crippen LogP contribution in [0.4, 0.5) is 13.2 Å². The molecule has 1 atom stereocenters. The third-order valence-electron chi connectivity index (χ3n) is 8.61. The Balaban J connectivity index is 1.24. The molecule has 2 heterocycles. The maximum Gasteiger partial charge on any atom is 0.416 e. The van der Waals surface area contributed by atoms with Gasteiger partial charge in [0.2, 0.25) is 0 Å². The Morgan fingerprint density at radius 3 is 2.19 bits per heavy atom. The molecule has 42 heavy (non-hydrogen) atoms. The summed E-state index contributed by atoms with van der Waals surface area (Å²) in [6.07, 6.45) is 1.19. The highest BCUT2D eigenvalue weighted by Crippen LogP contribution is 2.47. The molecule has 0 aliphatic carbocycles. The number of carbonyl (C=O) groups excluding carboxylic acids is 1. The lowest BCUT2D eigenvalue weighted by Gasteiger charge is -2.43. The Hall–Kier alpha value is -3.78. The minimum atomic E-state index is -4.39. The molecule has 5 rings (SSSR count). The van der Waals surface area contributed by atoms with E-state index in [0.29, 0.717) is 12.1 Å². The third kappa shape index (κ3) is 6.04. The van der Waals surface area contributed by atoms with Gasteiger partial charge in [-0.25, -0.2) is 0 Å². The highest BCUT2D eigenvalue weighted by molar-refractivity contribution is 5.97. The standard InChI is InChI=1S/C34H37F3N2O3/c1-23-7-6-8-24(2)31(23)32(40)38-18-15-25(3)39-19-16-27(17-20-39)33(41-21-22-42-33)30-10-5-4-9-29(30)26-11-13-28(14-12-26)34(35,36)37/h4-14,21-22,25,27H,15-20H2,1-3H3,(H,38,40). The van der Waals surface area contributed by atoms with Crippen molar-refractivity contribution in [2.75, 3.05) is 19.6 Å². The number of alkyl halides is 3. The fourth-order valence-corrected chi connectivity index (χ4v) is 6.26. The van der Waals surface area contributed by atoms with Crippen LogP contribution in [0.15, 0.2) is 79.3 Å². The van der Waals surface area contributed by atoms with Crippen LogP contribution in [-0.2, 0) is 21.4 Å². The molecule has 0 radical (unpaired) electrons. The molecule has 0 aromatic heterocycles. The van der Waals surface area contributed by atoms with Crippen molar-refractivity contribution in [3.8, 4) is 11.1 Å². The number of hydrogen-bond acceptors (Lipinski definition) is 4. The molecule has 1 saturated heterocycles. The van der Waals surface area contributed by atoms with Gasteiger partial charge in [-0.3, -0.25) is 4.79 Å². The first-order chi connectivity index (χ1) is 20.1. The number of halogens is 3. The van der Waals surface area contributed by atoms with Gasteiger partial charge in [0, 0.05) is 29.6 Å². The molecule has 3 aromatic carbocycles. The van der Waals surface area contributed by atoms with E-state index < -0.39 is 17.5 Å². The van der Waals surface area contributed by atoms with Gasteiger partial charge in [0.15, 0.2) is 0 Å². The molecule has 0 saturated carbocycles. The Bertz CT molecular complexity index is 1400. The van der Waals surface area contributed by atoms with Gasteiger partial charge in [0.1, 0.15) is 12.5 Å². The number of ether oxygens (including phenoxy) is 2. The van der Waals surface area contributed by atoms with Gasteiger partial charge in [-0.15, -0.1) is 0 Å². The highest BCUT2D eigenvalue weighted by Gasteiger charge is 2.48. The van der Waals surface area contributed by atoms with Crippen LogP contribution in [0.3, 0.4) is 0 Å². The number of likely N-dealkylation sites (tertiary alicyclic amines) is 1. The number of carbonyl (C=O) groups is 1. The summed E-state index contributed by atoms with van der Waals surface area (Å²) in [7, 11) is 0. The fourth-order valence-electron chi connectivity index (χ4n) is 6.26. The monoisotopic (exact) mass is 578 g/mol. The van der Waals surface area contributed by atoms with Gasteiger partial charge < -0.3 is 19.7 Å². The van der Waals surface area contributed by atoms with Crippen molar-refractivity contribution in [1.29, 1.82) is 0 Å². The normalized spacial score (nSPS) is 17.9. The summed E-state index contributed by atoms with van der Waals surface area (Å²) in [6, 6.07) is 19.0. The van der Waals surface area contributed by atoms with E-state index >= 15 is 0 Å². The molecule has 1 N–H and O–H groups in total. The molecule has 8 heteroatoms. The minimum absolute atomic E-state index is 0.0341. The average Bonchev–Trinajstić information content (AvgIpc) is 3.48. The largest absolute Gasteiger partial charge is 0.452 e. The van der Waals surface area contributed by atoms with Crippen molar-refractivity contribution in [2.24, 2.45) is 5.92 Å². The van der Waals surface area contributed by atoms with E-state index in [-0.39, 0.29) is 17.9 Å². The molecule has 2 aliphatic heterocycles.